The van der Waals surface area contributed by atoms with Crippen LogP contribution in [-0.4, -0.2) is 19.1 Å². The van der Waals surface area contributed by atoms with Crippen LogP contribution in [-0.2, 0) is 11.1 Å². The zero-order chi connectivity index (χ0) is 11.4. The van der Waals surface area contributed by atoms with Crippen molar-refractivity contribution >= 4 is 11.1 Å². The lowest BCUT2D eigenvalue weighted by molar-refractivity contribution is 0.175. The fraction of sp³-hybridized carbons (Fsp3) is 0.300. The maximum atomic E-state index is 10.6. The fourth-order valence-electron chi connectivity index (χ4n) is 1.13. The van der Waals surface area contributed by atoms with E-state index in [1.807, 2.05) is 6.07 Å². The number of hydrogen-bond donors (Lipinski definition) is 1. The average molecular weight is 224 g/mol. The van der Waals surface area contributed by atoms with Gasteiger partial charge < -0.3 is 9.66 Å². The smallest absolute Gasteiger partial charge is 0.0991 e. The molecule has 0 amide bonds. The van der Waals surface area contributed by atoms with Gasteiger partial charge in [-0.3, -0.25) is 4.21 Å². The molecular formula is C10H10NO3S-. The summed E-state index contributed by atoms with van der Waals surface area (Å²) in [6.07, 6.45) is -1.06. The van der Waals surface area contributed by atoms with Gasteiger partial charge in [-0.1, -0.05) is 12.1 Å². The Labute approximate surface area is 90.5 Å². The van der Waals surface area contributed by atoms with Crippen molar-refractivity contribution < 1.29 is 13.9 Å². The lowest BCUT2D eigenvalue weighted by Gasteiger charge is -2.21. The van der Waals surface area contributed by atoms with Crippen molar-refractivity contribution in [3.8, 4) is 6.07 Å². The molecule has 0 heterocycles. The molecule has 4 nitrogen and oxygen atoms in total. The maximum Gasteiger partial charge on any atom is 0.0991 e. The number of nitrogens with zero attached hydrogens (tertiary/aromatic N) is 1. The van der Waals surface area contributed by atoms with Crippen LogP contribution >= 0.6 is 0 Å². The Kier molecular flexibility index (Phi) is 3.97. The van der Waals surface area contributed by atoms with Gasteiger partial charge in [-0.25, -0.2) is 0 Å². The molecule has 0 aliphatic rings. The summed E-state index contributed by atoms with van der Waals surface area (Å²) in [5.74, 6) is 0. The first-order valence-electron chi connectivity index (χ1n) is 4.32. The molecule has 0 radical (unpaired) electrons. The van der Waals surface area contributed by atoms with Gasteiger partial charge in [0.1, 0.15) is 0 Å². The molecule has 0 saturated heterocycles. The van der Waals surface area contributed by atoms with Gasteiger partial charge in [0.15, 0.2) is 0 Å². The van der Waals surface area contributed by atoms with Crippen molar-refractivity contribution in [2.75, 3.05) is 0 Å². The van der Waals surface area contributed by atoms with Crippen LogP contribution in [0.25, 0.3) is 0 Å². The molecule has 0 aromatic heterocycles. The Bertz CT molecular complexity index is 396. The zero-order valence-electron chi connectivity index (χ0n) is 8.08. The second-order valence-electron chi connectivity index (χ2n) is 3.14. The van der Waals surface area contributed by atoms with Crippen molar-refractivity contribution in [1.82, 2.24) is 0 Å². The van der Waals surface area contributed by atoms with Gasteiger partial charge in [0.25, 0.3) is 0 Å². The highest BCUT2D eigenvalue weighted by Crippen LogP contribution is 2.19. The van der Waals surface area contributed by atoms with Gasteiger partial charge in [0.2, 0.25) is 0 Å². The van der Waals surface area contributed by atoms with Crippen LogP contribution in [0.15, 0.2) is 24.3 Å². The molecular weight excluding hydrogens is 214 g/mol. The van der Waals surface area contributed by atoms with Crippen LogP contribution in [0.1, 0.15) is 24.2 Å². The Balaban J connectivity index is 2.88. The number of aliphatic hydroxyl groups is 1. The third kappa shape index (κ3) is 2.86. The Morgan fingerprint density at radius 3 is 2.40 bits per heavy atom. The molecule has 1 aromatic rings. The Morgan fingerprint density at radius 1 is 1.47 bits per heavy atom. The monoisotopic (exact) mass is 224 g/mol. The standard InChI is InChI=1S/C10H11NO3S/c1-7(15(13)14)10(12)9-4-2-8(6-11)3-5-9/h2-5,7,10,12H,1H3,(H,13,14)/p-1/t7-,10-/m0/s1. The molecule has 3 atom stereocenters. The molecule has 1 unspecified atom stereocenters. The quantitative estimate of drug-likeness (QED) is 0.772. The summed E-state index contributed by atoms with van der Waals surface area (Å²) >= 11 is -2.31. The lowest BCUT2D eigenvalue weighted by Crippen LogP contribution is -2.20. The molecule has 0 saturated carbocycles. The number of rotatable bonds is 3. The lowest BCUT2D eigenvalue weighted by atomic mass is 10.1. The van der Waals surface area contributed by atoms with E-state index >= 15 is 0 Å². The molecule has 5 heteroatoms. The van der Waals surface area contributed by atoms with Crippen molar-refractivity contribution in [3.05, 3.63) is 35.4 Å². The highest BCUT2D eigenvalue weighted by Gasteiger charge is 2.16. The van der Waals surface area contributed by atoms with E-state index in [-0.39, 0.29) is 0 Å². The van der Waals surface area contributed by atoms with Crippen LogP contribution in [0.5, 0.6) is 0 Å². The minimum absolute atomic E-state index is 0.474. The summed E-state index contributed by atoms with van der Waals surface area (Å²) in [5.41, 5.74) is 0.965. The molecule has 0 aliphatic heterocycles. The fourth-order valence-corrected chi connectivity index (χ4v) is 1.50. The summed E-state index contributed by atoms with van der Waals surface area (Å²) in [6, 6.07) is 8.12. The van der Waals surface area contributed by atoms with Crippen molar-refractivity contribution in [2.45, 2.75) is 18.3 Å². The van der Waals surface area contributed by atoms with Gasteiger partial charge in [-0.2, -0.15) is 5.26 Å². The maximum absolute atomic E-state index is 10.6. The van der Waals surface area contributed by atoms with Crippen molar-refractivity contribution in [3.63, 3.8) is 0 Å². The molecule has 0 fully saturated rings. The average Bonchev–Trinajstić information content (AvgIpc) is 2.27. The molecule has 1 aromatic carbocycles. The molecule has 1 rings (SSSR count). The van der Waals surface area contributed by atoms with Gasteiger partial charge in [0.05, 0.1) is 17.7 Å². The highest BCUT2D eigenvalue weighted by molar-refractivity contribution is 7.79. The van der Waals surface area contributed by atoms with Gasteiger partial charge in [-0.05, 0) is 35.7 Å². The van der Waals surface area contributed by atoms with Crippen LogP contribution in [0, 0.1) is 11.3 Å². The van der Waals surface area contributed by atoms with E-state index in [0.717, 1.165) is 0 Å². The zero-order valence-corrected chi connectivity index (χ0v) is 8.90. The van der Waals surface area contributed by atoms with Crippen molar-refractivity contribution in [2.24, 2.45) is 0 Å². The summed E-state index contributed by atoms with van der Waals surface area (Å²) in [6.45, 7) is 1.42. The first-order chi connectivity index (χ1) is 7.06. The molecule has 0 aliphatic carbocycles. The van der Waals surface area contributed by atoms with E-state index in [4.69, 9.17) is 5.26 Å². The van der Waals surface area contributed by atoms with Gasteiger partial charge >= 0.3 is 0 Å². The predicted molar refractivity (Wildman–Crippen MR) is 54.5 cm³/mol. The SMILES string of the molecule is C[C@@H]([C@H](O)c1ccc(C#N)cc1)S(=O)[O-]. The topological polar surface area (TPSA) is 84.1 Å². The molecule has 1 N–H and O–H groups in total. The van der Waals surface area contributed by atoms with E-state index in [1.54, 1.807) is 24.3 Å². The molecule has 80 valence electrons. The number of benzene rings is 1. The predicted octanol–water partition coefficient (Wildman–Crippen LogP) is 0.859. The summed E-state index contributed by atoms with van der Waals surface area (Å²) in [5, 5.41) is 17.3. The highest BCUT2D eigenvalue weighted by atomic mass is 32.2. The third-order valence-electron chi connectivity index (χ3n) is 2.13. The second-order valence-corrected chi connectivity index (χ2v) is 4.41. The van der Waals surface area contributed by atoms with E-state index in [2.05, 4.69) is 0 Å². The molecule has 0 spiro atoms. The van der Waals surface area contributed by atoms with E-state index in [1.165, 1.54) is 6.92 Å². The first kappa shape index (κ1) is 11.9. The van der Waals surface area contributed by atoms with Crippen molar-refractivity contribution in [1.29, 1.82) is 5.26 Å². The van der Waals surface area contributed by atoms with Crippen LogP contribution < -0.4 is 0 Å². The minimum atomic E-state index is -2.31. The number of nitriles is 1. The van der Waals surface area contributed by atoms with E-state index in [9.17, 15) is 13.9 Å². The largest absolute Gasteiger partial charge is 0.772 e. The van der Waals surface area contributed by atoms with Gasteiger partial charge in [-0.15, -0.1) is 0 Å². The van der Waals surface area contributed by atoms with Crippen LogP contribution in [0.2, 0.25) is 0 Å². The normalized spacial score (nSPS) is 16.4. The minimum Gasteiger partial charge on any atom is -0.772 e. The molecule has 0 bridgehead atoms. The van der Waals surface area contributed by atoms with Crippen LogP contribution in [0.4, 0.5) is 0 Å². The summed E-state index contributed by atoms with van der Waals surface area (Å²) in [4.78, 5) is 0. The number of hydrogen-bond acceptors (Lipinski definition) is 4. The van der Waals surface area contributed by atoms with E-state index < -0.39 is 22.4 Å². The van der Waals surface area contributed by atoms with E-state index in [0.29, 0.717) is 11.1 Å². The first-order valence-corrected chi connectivity index (χ1v) is 5.46. The summed E-state index contributed by atoms with van der Waals surface area (Å²) < 4.78 is 21.2. The van der Waals surface area contributed by atoms with Crippen LogP contribution in [0.3, 0.4) is 0 Å². The Morgan fingerprint density at radius 2 is 2.00 bits per heavy atom. The number of aliphatic hydroxyl groups excluding tert-OH is 1. The van der Waals surface area contributed by atoms with Gasteiger partial charge in [0, 0.05) is 5.25 Å². The molecule has 15 heavy (non-hydrogen) atoms. The second kappa shape index (κ2) is 5.03. The Hall–Kier alpha value is -1.22. The third-order valence-corrected chi connectivity index (χ3v) is 2.99. The summed E-state index contributed by atoms with van der Waals surface area (Å²) in [7, 11) is 0.